The van der Waals surface area contributed by atoms with Gasteiger partial charge in [-0.1, -0.05) is 18.2 Å². The Balaban J connectivity index is 0.000000605. The molecule has 1 nitrogen and oxygen atoms in total. The summed E-state index contributed by atoms with van der Waals surface area (Å²) >= 11 is 0. The minimum absolute atomic E-state index is 0. The van der Waals surface area contributed by atoms with Crippen molar-refractivity contribution >= 4 is 18.1 Å². The first kappa shape index (κ1) is 8.41. The van der Waals surface area contributed by atoms with E-state index in [9.17, 15) is 0 Å². The molecule has 0 atom stereocenters. The van der Waals surface area contributed by atoms with Gasteiger partial charge in [0, 0.05) is 11.7 Å². The summed E-state index contributed by atoms with van der Waals surface area (Å²) in [7, 11) is 0. The molecular weight excluding hydrogens is 158 g/mol. The third-order valence-corrected chi connectivity index (χ3v) is 1.72. The largest absolute Gasteiger partial charge is 0.382 e. The van der Waals surface area contributed by atoms with Crippen LogP contribution in [-0.2, 0) is 0 Å². The minimum atomic E-state index is 0. The van der Waals surface area contributed by atoms with Crippen LogP contribution < -0.4 is 5.32 Å². The first-order chi connectivity index (χ1) is 4.95. The molecule has 0 amide bonds. The fourth-order valence-corrected chi connectivity index (χ4v) is 0.998. The van der Waals surface area contributed by atoms with Gasteiger partial charge in [0.05, 0.1) is 0 Å². The third kappa shape index (κ3) is 2.43. The van der Waals surface area contributed by atoms with E-state index in [4.69, 9.17) is 0 Å². The molecule has 1 fully saturated rings. The molecule has 0 bridgehead atoms. The van der Waals surface area contributed by atoms with Crippen molar-refractivity contribution in [2.45, 2.75) is 18.9 Å². The molecule has 2 heteroatoms. The first-order valence-corrected chi connectivity index (χ1v) is 3.77. The molecule has 0 radical (unpaired) electrons. The van der Waals surface area contributed by atoms with Gasteiger partial charge in [-0.2, -0.15) is 0 Å². The van der Waals surface area contributed by atoms with Crippen molar-refractivity contribution in [1.82, 2.24) is 0 Å². The zero-order valence-corrected chi connectivity index (χ0v) is 7.10. The predicted octanol–water partition coefficient (Wildman–Crippen LogP) is 2.68. The lowest BCUT2D eigenvalue weighted by Crippen LogP contribution is -1.99. The molecule has 1 aromatic rings. The van der Waals surface area contributed by atoms with Crippen molar-refractivity contribution in [1.29, 1.82) is 0 Å². The fraction of sp³-hybridized carbons (Fsp3) is 0.333. The maximum Gasteiger partial charge on any atom is 0.0342 e. The maximum absolute atomic E-state index is 3.42. The summed E-state index contributed by atoms with van der Waals surface area (Å²) in [5.74, 6) is 0. The lowest BCUT2D eigenvalue weighted by molar-refractivity contribution is 1.16. The SMILES string of the molecule is Cl.c1ccc(NC2CC2)cc1. The quantitative estimate of drug-likeness (QED) is 0.718. The summed E-state index contributed by atoms with van der Waals surface area (Å²) in [6.45, 7) is 0. The van der Waals surface area contributed by atoms with Crippen LogP contribution >= 0.6 is 12.4 Å². The average Bonchev–Trinajstić information content (AvgIpc) is 2.74. The molecule has 0 heterocycles. The lowest BCUT2D eigenvalue weighted by Gasteiger charge is -2.01. The summed E-state index contributed by atoms with van der Waals surface area (Å²) < 4.78 is 0. The number of benzene rings is 1. The Labute approximate surface area is 73.2 Å². The number of anilines is 1. The molecule has 0 unspecified atom stereocenters. The summed E-state index contributed by atoms with van der Waals surface area (Å²) in [4.78, 5) is 0. The second-order valence-corrected chi connectivity index (χ2v) is 2.78. The van der Waals surface area contributed by atoms with Crippen LogP contribution in [0, 0.1) is 0 Å². The predicted molar refractivity (Wildman–Crippen MR) is 50.3 cm³/mol. The van der Waals surface area contributed by atoms with Gasteiger partial charge in [-0.3, -0.25) is 0 Å². The van der Waals surface area contributed by atoms with Crippen molar-refractivity contribution in [2.75, 3.05) is 5.32 Å². The minimum Gasteiger partial charge on any atom is -0.382 e. The van der Waals surface area contributed by atoms with Gasteiger partial charge in [0.15, 0.2) is 0 Å². The summed E-state index contributed by atoms with van der Waals surface area (Å²) in [5.41, 5.74) is 1.25. The summed E-state index contributed by atoms with van der Waals surface area (Å²) in [6, 6.07) is 11.1. The normalized spacial score (nSPS) is 15.3. The van der Waals surface area contributed by atoms with Gasteiger partial charge in [-0.15, -0.1) is 12.4 Å². The number of hydrogen-bond acceptors (Lipinski definition) is 1. The molecule has 0 spiro atoms. The van der Waals surface area contributed by atoms with E-state index in [1.54, 1.807) is 0 Å². The van der Waals surface area contributed by atoms with Crippen molar-refractivity contribution in [3.63, 3.8) is 0 Å². The number of para-hydroxylation sites is 1. The van der Waals surface area contributed by atoms with E-state index in [0.717, 1.165) is 6.04 Å². The van der Waals surface area contributed by atoms with E-state index in [1.165, 1.54) is 18.5 Å². The molecule has 0 saturated heterocycles. The fourth-order valence-electron chi connectivity index (χ4n) is 0.998. The highest BCUT2D eigenvalue weighted by Gasteiger charge is 2.20. The number of hydrogen-bond donors (Lipinski definition) is 1. The average molecular weight is 170 g/mol. The maximum atomic E-state index is 3.42. The number of nitrogens with one attached hydrogen (secondary N) is 1. The molecule has 0 aromatic heterocycles. The highest BCUT2D eigenvalue weighted by Crippen LogP contribution is 2.23. The lowest BCUT2D eigenvalue weighted by atomic mass is 10.3. The molecule has 11 heavy (non-hydrogen) atoms. The first-order valence-electron chi connectivity index (χ1n) is 3.77. The highest BCUT2D eigenvalue weighted by molar-refractivity contribution is 5.85. The van der Waals surface area contributed by atoms with E-state index < -0.39 is 0 Å². The van der Waals surface area contributed by atoms with Crippen LogP contribution in [-0.4, -0.2) is 6.04 Å². The van der Waals surface area contributed by atoms with Crippen molar-refractivity contribution in [3.8, 4) is 0 Å². The van der Waals surface area contributed by atoms with Crippen LogP contribution in [0.3, 0.4) is 0 Å². The second-order valence-electron chi connectivity index (χ2n) is 2.78. The zero-order chi connectivity index (χ0) is 6.81. The zero-order valence-electron chi connectivity index (χ0n) is 6.29. The van der Waals surface area contributed by atoms with Gasteiger partial charge in [0.1, 0.15) is 0 Å². The van der Waals surface area contributed by atoms with Crippen molar-refractivity contribution in [3.05, 3.63) is 30.3 Å². The molecule has 2 rings (SSSR count). The van der Waals surface area contributed by atoms with Gasteiger partial charge in [-0.05, 0) is 25.0 Å². The van der Waals surface area contributed by atoms with E-state index >= 15 is 0 Å². The smallest absolute Gasteiger partial charge is 0.0342 e. The third-order valence-electron chi connectivity index (χ3n) is 1.72. The molecule has 1 aromatic carbocycles. The van der Waals surface area contributed by atoms with Gasteiger partial charge in [-0.25, -0.2) is 0 Å². The van der Waals surface area contributed by atoms with E-state index in [2.05, 4.69) is 29.6 Å². The summed E-state index contributed by atoms with van der Waals surface area (Å²) in [6.07, 6.45) is 2.68. The van der Waals surface area contributed by atoms with Crippen LogP contribution in [0.15, 0.2) is 30.3 Å². The van der Waals surface area contributed by atoms with E-state index in [-0.39, 0.29) is 12.4 Å². The van der Waals surface area contributed by atoms with Gasteiger partial charge >= 0.3 is 0 Å². The molecule has 1 aliphatic rings. The van der Waals surface area contributed by atoms with Crippen LogP contribution in [0.4, 0.5) is 5.69 Å². The van der Waals surface area contributed by atoms with Gasteiger partial charge in [0.25, 0.3) is 0 Å². The van der Waals surface area contributed by atoms with E-state index in [1.807, 2.05) is 6.07 Å². The van der Waals surface area contributed by atoms with Crippen LogP contribution in [0.1, 0.15) is 12.8 Å². The Morgan fingerprint density at radius 2 is 1.73 bits per heavy atom. The highest BCUT2D eigenvalue weighted by atomic mass is 35.5. The molecular formula is C9H12ClN. The molecule has 0 aliphatic heterocycles. The molecule has 1 saturated carbocycles. The summed E-state index contributed by atoms with van der Waals surface area (Å²) in [5, 5.41) is 3.42. The Kier molecular flexibility index (Phi) is 2.77. The van der Waals surface area contributed by atoms with Crippen LogP contribution in [0.2, 0.25) is 0 Å². The van der Waals surface area contributed by atoms with Crippen LogP contribution in [0.5, 0.6) is 0 Å². The Morgan fingerprint density at radius 1 is 1.09 bits per heavy atom. The number of rotatable bonds is 2. The van der Waals surface area contributed by atoms with E-state index in [0.29, 0.717) is 0 Å². The van der Waals surface area contributed by atoms with Crippen molar-refractivity contribution in [2.24, 2.45) is 0 Å². The molecule has 1 N–H and O–H groups in total. The van der Waals surface area contributed by atoms with Crippen molar-refractivity contribution < 1.29 is 0 Å². The topological polar surface area (TPSA) is 12.0 Å². The Bertz CT molecular complexity index is 206. The van der Waals surface area contributed by atoms with Gasteiger partial charge in [0.2, 0.25) is 0 Å². The number of halogens is 1. The standard InChI is InChI=1S/C9H11N.ClH/c1-2-4-8(5-3-1)10-9-6-7-9;/h1-5,9-10H,6-7H2;1H. The molecule has 1 aliphatic carbocycles. The van der Waals surface area contributed by atoms with Gasteiger partial charge < -0.3 is 5.32 Å². The van der Waals surface area contributed by atoms with Crippen LogP contribution in [0.25, 0.3) is 0 Å². The second kappa shape index (κ2) is 3.63. The Morgan fingerprint density at radius 3 is 2.27 bits per heavy atom. The molecule has 60 valence electrons. The monoisotopic (exact) mass is 169 g/mol. The Hall–Kier alpha value is -0.690.